The van der Waals surface area contributed by atoms with Crippen molar-refractivity contribution in [3.8, 4) is 11.3 Å². The zero-order valence-corrected chi connectivity index (χ0v) is 12.4. The van der Waals surface area contributed by atoms with Gasteiger partial charge in [0.05, 0.1) is 5.02 Å². The first-order chi connectivity index (χ1) is 10.2. The standard InChI is InChI=1S/C15H16ClN3O2/c1-19(10-6-7-17-8-10)15(20)13-14(21-9-18-13)11-4-2-3-5-12(11)16/h2-5,9-10,17H,6-8H2,1H3/t10-/m0/s1. The van der Waals surface area contributed by atoms with Crippen LogP contribution in [0.25, 0.3) is 11.3 Å². The van der Waals surface area contributed by atoms with Gasteiger partial charge in [-0.2, -0.15) is 0 Å². The van der Waals surface area contributed by atoms with E-state index >= 15 is 0 Å². The predicted octanol–water partition coefficient (Wildman–Crippen LogP) is 2.43. The molecule has 0 spiro atoms. The number of rotatable bonds is 3. The fourth-order valence-corrected chi connectivity index (χ4v) is 2.76. The molecule has 6 heteroatoms. The second-order valence-corrected chi connectivity index (χ2v) is 5.48. The molecule has 3 rings (SSSR count). The normalized spacial score (nSPS) is 17.9. The van der Waals surface area contributed by atoms with E-state index in [4.69, 9.17) is 16.0 Å². The Morgan fingerprint density at radius 1 is 1.48 bits per heavy atom. The van der Waals surface area contributed by atoms with Gasteiger partial charge in [0.1, 0.15) is 0 Å². The summed E-state index contributed by atoms with van der Waals surface area (Å²) in [5, 5.41) is 3.79. The Balaban J connectivity index is 1.92. The highest BCUT2D eigenvalue weighted by Gasteiger charge is 2.28. The fourth-order valence-electron chi connectivity index (χ4n) is 2.54. The molecule has 1 aliphatic rings. The van der Waals surface area contributed by atoms with Gasteiger partial charge < -0.3 is 14.6 Å². The Bertz CT molecular complexity index is 650. The Morgan fingerprint density at radius 3 is 3.00 bits per heavy atom. The second kappa shape index (κ2) is 5.87. The van der Waals surface area contributed by atoms with E-state index in [1.807, 2.05) is 18.2 Å². The van der Waals surface area contributed by atoms with E-state index < -0.39 is 0 Å². The monoisotopic (exact) mass is 305 g/mol. The Kier molecular flexibility index (Phi) is 3.94. The zero-order chi connectivity index (χ0) is 14.8. The highest BCUT2D eigenvalue weighted by molar-refractivity contribution is 6.33. The smallest absolute Gasteiger partial charge is 0.276 e. The van der Waals surface area contributed by atoms with Crippen molar-refractivity contribution >= 4 is 17.5 Å². The molecule has 2 heterocycles. The number of nitrogens with zero attached hydrogens (tertiary/aromatic N) is 2. The van der Waals surface area contributed by atoms with E-state index in [-0.39, 0.29) is 11.9 Å². The maximum absolute atomic E-state index is 12.6. The van der Waals surface area contributed by atoms with Crippen LogP contribution in [0.4, 0.5) is 0 Å². The molecule has 5 nitrogen and oxygen atoms in total. The first kappa shape index (κ1) is 14.1. The summed E-state index contributed by atoms with van der Waals surface area (Å²) in [4.78, 5) is 18.4. The molecule has 1 fully saturated rings. The summed E-state index contributed by atoms with van der Waals surface area (Å²) in [7, 11) is 1.80. The molecule has 110 valence electrons. The van der Waals surface area contributed by atoms with Crippen LogP contribution in [-0.2, 0) is 0 Å². The fraction of sp³-hybridized carbons (Fsp3) is 0.333. The summed E-state index contributed by atoms with van der Waals surface area (Å²) in [5.74, 6) is 0.274. The van der Waals surface area contributed by atoms with E-state index in [2.05, 4.69) is 10.3 Å². The van der Waals surface area contributed by atoms with Gasteiger partial charge in [-0.1, -0.05) is 23.7 Å². The van der Waals surface area contributed by atoms with Crippen molar-refractivity contribution < 1.29 is 9.21 Å². The van der Waals surface area contributed by atoms with Crippen LogP contribution in [0.3, 0.4) is 0 Å². The number of benzene rings is 1. The number of aromatic nitrogens is 1. The average Bonchev–Trinajstić information content (AvgIpc) is 3.17. The molecule has 1 aromatic heterocycles. The minimum Gasteiger partial charge on any atom is -0.443 e. The number of oxazole rings is 1. The van der Waals surface area contributed by atoms with E-state index in [1.54, 1.807) is 18.0 Å². The van der Waals surface area contributed by atoms with Crippen LogP contribution in [-0.4, -0.2) is 42.0 Å². The first-order valence-corrected chi connectivity index (χ1v) is 7.22. The summed E-state index contributed by atoms with van der Waals surface area (Å²) in [6.45, 7) is 1.74. The molecule has 0 bridgehead atoms. The highest BCUT2D eigenvalue weighted by atomic mass is 35.5. The molecule has 1 atom stereocenters. The molecule has 0 radical (unpaired) electrons. The third-order valence-corrected chi connectivity index (χ3v) is 4.12. The van der Waals surface area contributed by atoms with Crippen LogP contribution in [0.15, 0.2) is 35.1 Å². The quantitative estimate of drug-likeness (QED) is 0.946. The van der Waals surface area contributed by atoms with Crippen LogP contribution in [0, 0.1) is 0 Å². The number of carbonyl (C=O) groups is 1. The van der Waals surface area contributed by atoms with E-state index in [1.165, 1.54) is 6.39 Å². The van der Waals surface area contributed by atoms with E-state index in [9.17, 15) is 4.79 Å². The SMILES string of the molecule is CN(C(=O)c1ncoc1-c1ccccc1Cl)[C@H]1CCNC1. The Morgan fingerprint density at radius 2 is 2.29 bits per heavy atom. The lowest BCUT2D eigenvalue weighted by atomic mass is 10.1. The van der Waals surface area contributed by atoms with E-state index in [0.29, 0.717) is 22.0 Å². The van der Waals surface area contributed by atoms with Gasteiger partial charge in [0.2, 0.25) is 0 Å². The summed E-state index contributed by atoms with van der Waals surface area (Å²) in [5.41, 5.74) is 0.982. The average molecular weight is 306 g/mol. The van der Waals surface area contributed by atoms with Crippen LogP contribution >= 0.6 is 11.6 Å². The van der Waals surface area contributed by atoms with Crippen molar-refractivity contribution in [2.45, 2.75) is 12.5 Å². The molecule has 1 N–H and O–H groups in total. The van der Waals surface area contributed by atoms with Gasteiger partial charge in [0.25, 0.3) is 5.91 Å². The topological polar surface area (TPSA) is 58.4 Å². The number of carbonyl (C=O) groups excluding carboxylic acids is 1. The molecular weight excluding hydrogens is 290 g/mol. The van der Waals surface area contributed by atoms with Gasteiger partial charge in [-0.15, -0.1) is 0 Å². The number of likely N-dealkylation sites (N-methyl/N-ethyl adjacent to an activating group) is 1. The van der Waals surface area contributed by atoms with Gasteiger partial charge in [-0.25, -0.2) is 4.98 Å². The first-order valence-electron chi connectivity index (χ1n) is 6.84. The highest BCUT2D eigenvalue weighted by Crippen LogP contribution is 2.30. The Labute approximate surface area is 127 Å². The third-order valence-electron chi connectivity index (χ3n) is 3.79. The predicted molar refractivity (Wildman–Crippen MR) is 80.3 cm³/mol. The van der Waals surface area contributed by atoms with Crippen molar-refractivity contribution in [2.75, 3.05) is 20.1 Å². The summed E-state index contributed by atoms with van der Waals surface area (Å²) in [6, 6.07) is 7.45. The number of amides is 1. The second-order valence-electron chi connectivity index (χ2n) is 5.07. The lowest BCUT2D eigenvalue weighted by Crippen LogP contribution is -2.38. The largest absolute Gasteiger partial charge is 0.443 e. The van der Waals surface area contributed by atoms with Crippen LogP contribution in [0.1, 0.15) is 16.9 Å². The van der Waals surface area contributed by atoms with E-state index in [0.717, 1.165) is 19.5 Å². The van der Waals surface area contributed by atoms with Crippen LogP contribution in [0.2, 0.25) is 5.02 Å². The summed E-state index contributed by atoms with van der Waals surface area (Å²) < 4.78 is 5.41. The van der Waals surface area contributed by atoms with Crippen molar-refractivity contribution in [1.82, 2.24) is 15.2 Å². The lowest BCUT2D eigenvalue weighted by molar-refractivity contribution is 0.0739. The minimum atomic E-state index is -0.146. The zero-order valence-electron chi connectivity index (χ0n) is 11.7. The molecule has 0 unspecified atom stereocenters. The molecule has 2 aromatic rings. The maximum Gasteiger partial charge on any atom is 0.276 e. The van der Waals surface area contributed by atoms with Crippen LogP contribution < -0.4 is 5.32 Å². The Hall–Kier alpha value is -1.85. The van der Waals surface area contributed by atoms with Crippen molar-refractivity contribution in [3.63, 3.8) is 0 Å². The summed E-state index contributed by atoms with van der Waals surface area (Å²) >= 11 is 6.18. The molecule has 1 amide bonds. The number of hydrogen-bond donors (Lipinski definition) is 1. The molecule has 1 aromatic carbocycles. The lowest BCUT2D eigenvalue weighted by Gasteiger charge is -2.23. The number of halogens is 1. The molecule has 1 aliphatic heterocycles. The maximum atomic E-state index is 12.6. The summed E-state index contributed by atoms with van der Waals surface area (Å²) in [6.07, 6.45) is 2.23. The third kappa shape index (κ3) is 2.66. The number of hydrogen-bond acceptors (Lipinski definition) is 4. The molecule has 1 saturated heterocycles. The van der Waals surface area contributed by atoms with Crippen molar-refractivity contribution in [3.05, 3.63) is 41.4 Å². The van der Waals surface area contributed by atoms with Crippen molar-refractivity contribution in [2.24, 2.45) is 0 Å². The molecule has 21 heavy (non-hydrogen) atoms. The molecule has 0 aliphatic carbocycles. The van der Waals surface area contributed by atoms with Crippen LogP contribution in [0.5, 0.6) is 0 Å². The van der Waals surface area contributed by atoms with Gasteiger partial charge in [-0.05, 0) is 25.1 Å². The van der Waals surface area contributed by atoms with Gasteiger partial charge in [0.15, 0.2) is 17.8 Å². The van der Waals surface area contributed by atoms with Gasteiger partial charge in [0, 0.05) is 25.2 Å². The van der Waals surface area contributed by atoms with Gasteiger partial charge in [-0.3, -0.25) is 4.79 Å². The minimum absolute atomic E-state index is 0.146. The van der Waals surface area contributed by atoms with Crippen molar-refractivity contribution in [1.29, 1.82) is 0 Å². The molecule has 0 saturated carbocycles. The number of nitrogens with one attached hydrogen (secondary N) is 1. The molecular formula is C15H16ClN3O2. The van der Waals surface area contributed by atoms with Gasteiger partial charge >= 0.3 is 0 Å².